The maximum Gasteiger partial charge on any atom is 0.0313 e. The summed E-state index contributed by atoms with van der Waals surface area (Å²) < 4.78 is 0. The number of rotatable bonds is 6. The molecule has 1 heterocycles. The van der Waals surface area contributed by atoms with Gasteiger partial charge in [-0.2, -0.15) is 0 Å². The Labute approximate surface area is 85.9 Å². The molecule has 0 radical (unpaired) electrons. The van der Waals surface area contributed by atoms with Crippen molar-refractivity contribution in [1.29, 1.82) is 0 Å². The maximum atomic E-state index is 4.15. The molecule has 0 amide bonds. The Bertz CT molecular complexity index is 260. The minimum atomic E-state index is 0.915. The van der Waals surface area contributed by atoms with Gasteiger partial charge in [0, 0.05) is 18.9 Å². The Morgan fingerprint density at radius 2 is 2.14 bits per heavy atom. The molecule has 0 bridgehead atoms. The van der Waals surface area contributed by atoms with Gasteiger partial charge < -0.3 is 10.6 Å². The topological polar surface area (TPSA) is 37.0 Å². The molecule has 78 valence electrons. The average Bonchev–Trinajstić information content (AvgIpc) is 2.18. The zero-order chi connectivity index (χ0) is 10.2. The predicted molar refractivity (Wildman–Crippen MR) is 59.2 cm³/mol. The van der Waals surface area contributed by atoms with Crippen molar-refractivity contribution in [2.75, 3.05) is 20.1 Å². The van der Waals surface area contributed by atoms with Crippen LogP contribution >= 0.6 is 0 Å². The van der Waals surface area contributed by atoms with Crippen LogP contribution in [0.3, 0.4) is 0 Å². The van der Waals surface area contributed by atoms with Gasteiger partial charge in [0.05, 0.1) is 0 Å². The highest BCUT2D eigenvalue weighted by Crippen LogP contribution is 2.00. The lowest BCUT2D eigenvalue weighted by atomic mass is 10.2. The summed E-state index contributed by atoms with van der Waals surface area (Å²) in [6.07, 6.45) is 4.96. The van der Waals surface area contributed by atoms with E-state index in [1.165, 1.54) is 11.1 Å². The summed E-state index contributed by atoms with van der Waals surface area (Å²) in [5.74, 6) is 0. The summed E-state index contributed by atoms with van der Waals surface area (Å²) in [5, 5.41) is 6.51. The SMILES string of the molecule is CNCCCNCc1cncc(C)c1. The average molecular weight is 193 g/mol. The smallest absolute Gasteiger partial charge is 0.0313 e. The van der Waals surface area contributed by atoms with Crippen molar-refractivity contribution in [3.8, 4) is 0 Å². The van der Waals surface area contributed by atoms with E-state index >= 15 is 0 Å². The molecule has 14 heavy (non-hydrogen) atoms. The third kappa shape index (κ3) is 4.35. The van der Waals surface area contributed by atoms with Crippen LogP contribution in [0.25, 0.3) is 0 Å². The first-order chi connectivity index (χ1) is 6.83. The molecule has 0 unspecified atom stereocenters. The first-order valence-electron chi connectivity index (χ1n) is 5.09. The molecule has 0 atom stereocenters. The van der Waals surface area contributed by atoms with E-state index in [0.29, 0.717) is 0 Å². The van der Waals surface area contributed by atoms with E-state index in [9.17, 15) is 0 Å². The highest BCUT2D eigenvalue weighted by atomic mass is 14.9. The fourth-order valence-corrected chi connectivity index (χ4v) is 1.34. The van der Waals surface area contributed by atoms with E-state index in [-0.39, 0.29) is 0 Å². The van der Waals surface area contributed by atoms with Crippen LogP contribution in [0.15, 0.2) is 18.5 Å². The van der Waals surface area contributed by atoms with Crippen LogP contribution in [0.5, 0.6) is 0 Å². The van der Waals surface area contributed by atoms with Crippen LogP contribution in [0.4, 0.5) is 0 Å². The van der Waals surface area contributed by atoms with Gasteiger partial charge >= 0.3 is 0 Å². The summed E-state index contributed by atoms with van der Waals surface area (Å²) in [5.41, 5.74) is 2.48. The lowest BCUT2D eigenvalue weighted by Crippen LogP contribution is -2.19. The molecule has 0 fully saturated rings. The standard InChI is InChI=1S/C11H19N3/c1-10-6-11(9-14-7-10)8-13-5-3-4-12-2/h6-7,9,12-13H,3-5,8H2,1-2H3. The predicted octanol–water partition coefficient (Wildman–Crippen LogP) is 1.09. The van der Waals surface area contributed by atoms with Crippen molar-refractivity contribution in [3.63, 3.8) is 0 Å². The van der Waals surface area contributed by atoms with Gasteiger partial charge in [-0.05, 0) is 44.6 Å². The fraction of sp³-hybridized carbons (Fsp3) is 0.545. The van der Waals surface area contributed by atoms with Gasteiger partial charge in [-0.15, -0.1) is 0 Å². The quantitative estimate of drug-likeness (QED) is 0.664. The summed E-state index contributed by atoms with van der Waals surface area (Å²) in [4.78, 5) is 4.15. The van der Waals surface area contributed by atoms with Crippen molar-refractivity contribution >= 4 is 0 Å². The molecule has 1 aromatic heterocycles. The van der Waals surface area contributed by atoms with E-state index in [1.807, 2.05) is 19.4 Å². The summed E-state index contributed by atoms with van der Waals surface area (Å²) >= 11 is 0. The molecule has 0 aliphatic rings. The molecule has 0 saturated heterocycles. The van der Waals surface area contributed by atoms with Gasteiger partial charge in [-0.1, -0.05) is 6.07 Å². The summed E-state index contributed by atoms with van der Waals surface area (Å²) in [7, 11) is 1.98. The van der Waals surface area contributed by atoms with Gasteiger partial charge in [-0.3, -0.25) is 4.98 Å². The first-order valence-corrected chi connectivity index (χ1v) is 5.09. The highest BCUT2D eigenvalue weighted by Gasteiger charge is 1.93. The largest absolute Gasteiger partial charge is 0.320 e. The monoisotopic (exact) mass is 193 g/mol. The lowest BCUT2D eigenvalue weighted by molar-refractivity contribution is 0.624. The van der Waals surface area contributed by atoms with Crippen LogP contribution < -0.4 is 10.6 Å². The number of nitrogens with zero attached hydrogens (tertiary/aromatic N) is 1. The molecule has 0 aliphatic heterocycles. The Morgan fingerprint density at radius 1 is 1.29 bits per heavy atom. The molecular formula is C11H19N3. The maximum absolute atomic E-state index is 4.15. The van der Waals surface area contributed by atoms with Crippen molar-refractivity contribution in [1.82, 2.24) is 15.6 Å². The zero-order valence-corrected chi connectivity index (χ0v) is 9.01. The number of hydrogen-bond donors (Lipinski definition) is 2. The number of hydrogen-bond acceptors (Lipinski definition) is 3. The fourth-order valence-electron chi connectivity index (χ4n) is 1.34. The Morgan fingerprint density at radius 3 is 2.86 bits per heavy atom. The molecule has 3 nitrogen and oxygen atoms in total. The van der Waals surface area contributed by atoms with E-state index < -0.39 is 0 Å². The highest BCUT2D eigenvalue weighted by molar-refractivity contribution is 5.16. The summed E-state index contributed by atoms with van der Waals surface area (Å²) in [6.45, 7) is 5.10. The normalized spacial score (nSPS) is 10.4. The Balaban J connectivity index is 2.18. The van der Waals surface area contributed by atoms with E-state index in [1.54, 1.807) is 0 Å². The van der Waals surface area contributed by atoms with Crippen molar-refractivity contribution in [2.24, 2.45) is 0 Å². The minimum Gasteiger partial charge on any atom is -0.320 e. The molecule has 0 aromatic carbocycles. The summed E-state index contributed by atoms with van der Waals surface area (Å²) in [6, 6.07) is 2.16. The van der Waals surface area contributed by atoms with E-state index in [4.69, 9.17) is 0 Å². The molecule has 1 rings (SSSR count). The van der Waals surface area contributed by atoms with E-state index in [0.717, 1.165) is 26.1 Å². The van der Waals surface area contributed by atoms with Crippen molar-refractivity contribution < 1.29 is 0 Å². The molecule has 0 spiro atoms. The minimum absolute atomic E-state index is 0.915. The molecule has 1 aromatic rings. The van der Waals surface area contributed by atoms with Gasteiger partial charge in [-0.25, -0.2) is 0 Å². The van der Waals surface area contributed by atoms with E-state index in [2.05, 4.69) is 28.6 Å². The lowest BCUT2D eigenvalue weighted by Gasteiger charge is -2.04. The number of nitrogens with one attached hydrogen (secondary N) is 2. The third-order valence-corrected chi connectivity index (χ3v) is 2.04. The number of aromatic nitrogens is 1. The number of pyridine rings is 1. The van der Waals surface area contributed by atoms with Gasteiger partial charge in [0.2, 0.25) is 0 Å². The zero-order valence-electron chi connectivity index (χ0n) is 9.01. The molecule has 2 N–H and O–H groups in total. The van der Waals surface area contributed by atoms with Crippen LogP contribution in [0.1, 0.15) is 17.5 Å². The van der Waals surface area contributed by atoms with Crippen LogP contribution in [-0.4, -0.2) is 25.1 Å². The number of aryl methyl sites for hydroxylation is 1. The molecule has 0 aliphatic carbocycles. The second-order valence-electron chi connectivity index (χ2n) is 3.50. The molecular weight excluding hydrogens is 174 g/mol. The van der Waals surface area contributed by atoms with Gasteiger partial charge in [0.1, 0.15) is 0 Å². The first kappa shape index (κ1) is 11.1. The van der Waals surface area contributed by atoms with Crippen LogP contribution in [-0.2, 0) is 6.54 Å². The second kappa shape index (κ2) is 6.51. The van der Waals surface area contributed by atoms with Gasteiger partial charge in [0.15, 0.2) is 0 Å². The third-order valence-electron chi connectivity index (χ3n) is 2.04. The van der Waals surface area contributed by atoms with Gasteiger partial charge in [0.25, 0.3) is 0 Å². The van der Waals surface area contributed by atoms with Crippen molar-refractivity contribution in [2.45, 2.75) is 19.9 Å². The molecule has 0 saturated carbocycles. The Kier molecular flexibility index (Phi) is 5.19. The Hall–Kier alpha value is -0.930. The second-order valence-corrected chi connectivity index (χ2v) is 3.50. The van der Waals surface area contributed by atoms with Crippen LogP contribution in [0.2, 0.25) is 0 Å². The van der Waals surface area contributed by atoms with Crippen molar-refractivity contribution in [3.05, 3.63) is 29.6 Å². The molecule has 3 heteroatoms. The van der Waals surface area contributed by atoms with Crippen LogP contribution in [0, 0.1) is 6.92 Å².